The van der Waals surface area contributed by atoms with Crippen molar-refractivity contribution in [3.8, 4) is 0 Å². The third kappa shape index (κ3) is 3.19. The van der Waals surface area contributed by atoms with Crippen molar-refractivity contribution in [2.24, 2.45) is 5.73 Å². The van der Waals surface area contributed by atoms with Gasteiger partial charge in [-0.15, -0.1) is 0 Å². The summed E-state index contributed by atoms with van der Waals surface area (Å²) in [5.41, 5.74) is 5.88. The van der Waals surface area contributed by atoms with E-state index in [0.717, 1.165) is 12.8 Å². The zero-order valence-corrected chi connectivity index (χ0v) is 8.12. The minimum atomic E-state index is -0.0233. The van der Waals surface area contributed by atoms with Crippen LogP contribution in [-0.4, -0.2) is 18.0 Å². The molecule has 13 heavy (non-hydrogen) atoms. The quantitative estimate of drug-likeness (QED) is 0.625. The molecule has 1 rings (SSSR count). The molecular weight excluding hydrogens is 164 g/mol. The van der Waals surface area contributed by atoms with Crippen LogP contribution in [0.3, 0.4) is 0 Å². The van der Waals surface area contributed by atoms with Crippen LogP contribution in [0, 0.1) is 0 Å². The number of allylic oxidation sites excluding steroid dienone is 1. The van der Waals surface area contributed by atoms with Gasteiger partial charge in [0.1, 0.15) is 0 Å². The van der Waals surface area contributed by atoms with Gasteiger partial charge in [0.05, 0.1) is 0 Å². The van der Waals surface area contributed by atoms with Gasteiger partial charge in [-0.1, -0.05) is 18.9 Å². The second kappa shape index (κ2) is 5.02. The molecule has 2 atom stereocenters. The number of carbonyl (C=O) groups is 1. The maximum absolute atomic E-state index is 11.2. The Hall–Kier alpha value is -0.830. The lowest BCUT2D eigenvalue weighted by Gasteiger charge is -2.28. The van der Waals surface area contributed by atoms with Crippen molar-refractivity contribution in [1.29, 1.82) is 0 Å². The number of nitrogens with two attached hydrogens (primary N) is 1. The number of nitrogens with one attached hydrogen (secondary N) is 1. The summed E-state index contributed by atoms with van der Waals surface area (Å²) < 4.78 is 0. The van der Waals surface area contributed by atoms with Gasteiger partial charge in [-0.25, -0.2) is 0 Å². The molecule has 1 fully saturated rings. The average molecular weight is 182 g/mol. The van der Waals surface area contributed by atoms with Crippen LogP contribution in [0.15, 0.2) is 12.2 Å². The summed E-state index contributed by atoms with van der Waals surface area (Å²) in [6.07, 6.45) is 7.70. The Balaban J connectivity index is 2.37. The molecule has 1 aliphatic carbocycles. The highest BCUT2D eigenvalue weighted by Gasteiger charge is 2.22. The minimum absolute atomic E-state index is 0.0233. The zero-order valence-electron chi connectivity index (χ0n) is 8.12. The Morgan fingerprint density at radius 1 is 1.46 bits per heavy atom. The summed E-state index contributed by atoms with van der Waals surface area (Å²) in [4.78, 5) is 11.2. The standard InChI is InChI=1S/C10H18N2O/c1-2-5-10(13)12-9-7-4-3-6-8(9)11/h2,5,8-9H,3-4,6-7,11H2,1H3,(H,12,13)/b5-2+/t8-,9-/m1/s1. The molecule has 0 heterocycles. The Kier molecular flexibility index (Phi) is 3.96. The van der Waals surface area contributed by atoms with Crippen molar-refractivity contribution >= 4 is 5.91 Å². The van der Waals surface area contributed by atoms with Gasteiger partial charge in [-0.05, 0) is 25.8 Å². The lowest BCUT2D eigenvalue weighted by Crippen LogP contribution is -2.48. The first kappa shape index (κ1) is 10.3. The van der Waals surface area contributed by atoms with E-state index >= 15 is 0 Å². The molecule has 0 aliphatic heterocycles. The minimum Gasteiger partial charge on any atom is -0.348 e. The highest BCUT2D eigenvalue weighted by atomic mass is 16.1. The van der Waals surface area contributed by atoms with Crippen LogP contribution in [0.4, 0.5) is 0 Å². The van der Waals surface area contributed by atoms with Crippen molar-refractivity contribution < 1.29 is 4.79 Å². The molecular formula is C10H18N2O. The van der Waals surface area contributed by atoms with E-state index < -0.39 is 0 Å². The number of amides is 1. The number of carbonyl (C=O) groups excluding carboxylic acids is 1. The van der Waals surface area contributed by atoms with Crippen LogP contribution in [0.25, 0.3) is 0 Å². The molecule has 1 saturated carbocycles. The molecule has 1 aliphatic rings. The highest BCUT2D eigenvalue weighted by molar-refractivity contribution is 5.87. The molecule has 0 aromatic heterocycles. The third-order valence-electron chi connectivity index (χ3n) is 2.47. The lowest BCUT2D eigenvalue weighted by atomic mass is 9.91. The summed E-state index contributed by atoms with van der Waals surface area (Å²) in [6.45, 7) is 1.83. The van der Waals surface area contributed by atoms with Crippen LogP contribution in [-0.2, 0) is 4.79 Å². The lowest BCUT2D eigenvalue weighted by molar-refractivity contribution is -0.117. The maximum Gasteiger partial charge on any atom is 0.243 e. The Morgan fingerprint density at radius 2 is 2.15 bits per heavy atom. The zero-order chi connectivity index (χ0) is 9.68. The highest BCUT2D eigenvalue weighted by Crippen LogP contribution is 2.16. The van der Waals surface area contributed by atoms with E-state index in [1.165, 1.54) is 12.8 Å². The SMILES string of the molecule is C/C=C/C(=O)N[C@@H]1CCCC[C@H]1N. The van der Waals surface area contributed by atoms with Crippen LogP contribution in [0.1, 0.15) is 32.6 Å². The second-order valence-electron chi connectivity index (χ2n) is 3.56. The van der Waals surface area contributed by atoms with Gasteiger partial charge >= 0.3 is 0 Å². The number of hydrogen-bond donors (Lipinski definition) is 2. The molecule has 3 N–H and O–H groups in total. The molecule has 0 bridgehead atoms. The van der Waals surface area contributed by atoms with Gasteiger partial charge < -0.3 is 11.1 Å². The van der Waals surface area contributed by atoms with E-state index in [-0.39, 0.29) is 18.0 Å². The molecule has 0 unspecified atom stereocenters. The molecule has 0 aromatic rings. The predicted octanol–water partition coefficient (Wildman–Crippen LogP) is 0.949. The fraction of sp³-hybridized carbons (Fsp3) is 0.700. The van der Waals surface area contributed by atoms with Crippen molar-refractivity contribution in [3.63, 3.8) is 0 Å². The summed E-state index contributed by atoms with van der Waals surface area (Å²) in [6, 6.07) is 0.320. The summed E-state index contributed by atoms with van der Waals surface area (Å²) in [7, 11) is 0. The van der Waals surface area contributed by atoms with Crippen LogP contribution >= 0.6 is 0 Å². The molecule has 0 saturated heterocycles. The summed E-state index contributed by atoms with van der Waals surface area (Å²) >= 11 is 0. The third-order valence-corrected chi connectivity index (χ3v) is 2.47. The summed E-state index contributed by atoms with van der Waals surface area (Å²) in [5.74, 6) is -0.0233. The molecule has 3 nitrogen and oxygen atoms in total. The van der Waals surface area contributed by atoms with E-state index in [9.17, 15) is 4.79 Å². The van der Waals surface area contributed by atoms with Crippen LogP contribution < -0.4 is 11.1 Å². The molecule has 3 heteroatoms. The van der Waals surface area contributed by atoms with Gasteiger partial charge in [0, 0.05) is 12.1 Å². The van der Waals surface area contributed by atoms with E-state index in [1.54, 1.807) is 12.2 Å². The fourth-order valence-corrected chi connectivity index (χ4v) is 1.72. The van der Waals surface area contributed by atoms with E-state index in [1.807, 2.05) is 6.92 Å². The Morgan fingerprint density at radius 3 is 2.77 bits per heavy atom. The second-order valence-corrected chi connectivity index (χ2v) is 3.56. The predicted molar refractivity (Wildman–Crippen MR) is 53.2 cm³/mol. The first-order chi connectivity index (χ1) is 6.24. The van der Waals surface area contributed by atoms with Gasteiger partial charge in [-0.3, -0.25) is 4.79 Å². The average Bonchev–Trinajstić information content (AvgIpc) is 2.09. The Bertz CT molecular complexity index is 201. The number of rotatable bonds is 2. The van der Waals surface area contributed by atoms with E-state index in [2.05, 4.69) is 5.32 Å². The maximum atomic E-state index is 11.2. The van der Waals surface area contributed by atoms with Crippen LogP contribution in [0.2, 0.25) is 0 Å². The molecule has 0 aromatic carbocycles. The van der Waals surface area contributed by atoms with Crippen molar-refractivity contribution in [2.75, 3.05) is 0 Å². The monoisotopic (exact) mass is 182 g/mol. The summed E-state index contributed by atoms with van der Waals surface area (Å²) in [5, 5.41) is 2.92. The van der Waals surface area contributed by atoms with E-state index in [4.69, 9.17) is 5.73 Å². The molecule has 74 valence electrons. The van der Waals surface area contributed by atoms with E-state index in [0.29, 0.717) is 0 Å². The van der Waals surface area contributed by atoms with Gasteiger partial charge in [-0.2, -0.15) is 0 Å². The first-order valence-electron chi connectivity index (χ1n) is 4.93. The molecule has 0 spiro atoms. The van der Waals surface area contributed by atoms with Gasteiger partial charge in [0.25, 0.3) is 0 Å². The van der Waals surface area contributed by atoms with Crippen molar-refractivity contribution in [1.82, 2.24) is 5.32 Å². The van der Waals surface area contributed by atoms with Gasteiger partial charge in [0.2, 0.25) is 5.91 Å². The van der Waals surface area contributed by atoms with Gasteiger partial charge in [0.15, 0.2) is 0 Å². The van der Waals surface area contributed by atoms with Crippen molar-refractivity contribution in [3.05, 3.63) is 12.2 Å². The molecule has 1 amide bonds. The fourth-order valence-electron chi connectivity index (χ4n) is 1.72. The largest absolute Gasteiger partial charge is 0.348 e. The Labute approximate surface area is 79.4 Å². The molecule has 0 radical (unpaired) electrons. The topological polar surface area (TPSA) is 55.1 Å². The smallest absolute Gasteiger partial charge is 0.243 e. The van der Waals surface area contributed by atoms with Crippen molar-refractivity contribution in [2.45, 2.75) is 44.7 Å². The van der Waals surface area contributed by atoms with Crippen LogP contribution in [0.5, 0.6) is 0 Å². The normalized spacial score (nSPS) is 29.1. The first-order valence-corrected chi connectivity index (χ1v) is 4.93. The number of hydrogen-bond acceptors (Lipinski definition) is 2.